The number of carbonyl (C=O) groups excluding carboxylic acids is 1. The number of nitrogens with zero attached hydrogens (tertiary/aromatic N) is 5. The van der Waals surface area contributed by atoms with Gasteiger partial charge in [0.25, 0.3) is 5.78 Å². The molecule has 0 saturated carbocycles. The predicted molar refractivity (Wildman–Crippen MR) is 72.3 cm³/mol. The van der Waals surface area contributed by atoms with E-state index in [4.69, 9.17) is 10.5 Å². The summed E-state index contributed by atoms with van der Waals surface area (Å²) in [6.45, 7) is 1.93. The summed E-state index contributed by atoms with van der Waals surface area (Å²) in [7, 11) is 0. The molecule has 20 heavy (non-hydrogen) atoms. The first-order valence-corrected chi connectivity index (χ1v) is 6.68. The number of hydrogen-bond acceptors (Lipinski definition) is 8. The van der Waals surface area contributed by atoms with Crippen molar-refractivity contribution in [1.29, 1.82) is 0 Å². The van der Waals surface area contributed by atoms with Gasteiger partial charge >= 0.3 is 5.97 Å². The topological polar surface area (TPSA) is 108 Å². The van der Waals surface area contributed by atoms with Gasteiger partial charge in [-0.25, -0.2) is 4.79 Å². The number of rotatable bonds is 3. The third-order valence-electron chi connectivity index (χ3n) is 2.51. The van der Waals surface area contributed by atoms with Crippen molar-refractivity contribution in [2.24, 2.45) is 0 Å². The fraction of sp³-hybridized carbons (Fsp3) is 0.182. The summed E-state index contributed by atoms with van der Waals surface area (Å²) in [6, 6.07) is 3.78. The molecule has 0 aliphatic rings. The maximum Gasteiger partial charge on any atom is 0.362 e. The Kier molecular flexibility index (Phi) is 3.03. The molecule has 0 atom stereocenters. The number of fused-ring (bicyclic) bond motifs is 1. The first-order chi connectivity index (χ1) is 9.70. The highest BCUT2D eigenvalue weighted by atomic mass is 32.1. The van der Waals surface area contributed by atoms with Gasteiger partial charge in [0.15, 0.2) is 11.6 Å². The summed E-state index contributed by atoms with van der Waals surface area (Å²) < 4.78 is 6.14. The first-order valence-electron chi connectivity index (χ1n) is 5.80. The second-order valence-corrected chi connectivity index (χ2v) is 4.73. The van der Waals surface area contributed by atoms with Gasteiger partial charge in [0, 0.05) is 0 Å². The van der Waals surface area contributed by atoms with Crippen molar-refractivity contribution in [2.75, 3.05) is 12.3 Å². The van der Waals surface area contributed by atoms with Crippen LogP contribution in [0, 0.1) is 0 Å². The smallest absolute Gasteiger partial charge is 0.362 e. The van der Waals surface area contributed by atoms with Crippen LogP contribution in [-0.2, 0) is 4.74 Å². The normalized spacial score (nSPS) is 10.8. The Balaban J connectivity index is 2.11. The van der Waals surface area contributed by atoms with Crippen molar-refractivity contribution in [3.05, 3.63) is 23.2 Å². The van der Waals surface area contributed by atoms with E-state index in [0.717, 1.165) is 4.88 Å². The summed E-state index contributed by atoms with van der Waals surface area (Å²) in [5.41, 5.74) is 5.81. The molecule has 3 aromatic rings. The van der Waals surface area contributed by atoms with Crippen molar-refractivity contribution >= 4 is 28.9 Å². The van der Waals surface area contributed by atoms with Crippen LogP contribution in [0.15, 0.2) is 17.5 Å². The highest BCUT2D eigenvalue weighted by molar-refractivity contribution is 7.13. The quantitative estimate of drug-likeness (QED) is 0.717. The number of anilines is 1. The first kappa shape index (κ1) is 12.5. The number of hydrogen-bond donors (Lipinski definition) is 1. The number of nitrogen functional groups attached to an aromatic ring is 1. The summed E-state index contributed by atoms with van der Waals surface area (Å²) in [5.74, 6) is 0.150. The number of nitrogens with two attached hydrogens (primary N) is 1. The molecule has 2 N–H and O–H groups in total. The fourth-order valence-electron chi connectivity index (χ4n) is 1.63. The maximum atomic E-state index is 11.7. The van der Waals surface area contributed by atoms with E-state index >= 15 is 0 Å². The third-order valence-corrected chi connectivity index (χ3v) is 3.38. The summed E-state index contributed by atoms with van der Waals surface area (Å²) >= 11 is 1.50. The van der Waals surface area contributed by atoms with Gasteiger partial charge in [-0.05, 0) is 18.4 Å². The molecular weight excluding hydrogens is 280 g/mol. The molecular formula is C11H10N6O2S. The van der Waals surface area contributed by atoms with E-state index < -0.39 is 5.97 Å². The number of carbonyl (C=O) groups is 1. The lowest BCUT2D eigenvalue weighted by molar-refractivity contribution is 0.0519. The Morgan fingerprint density at radius 3 is 3.05 bits per heavy atom. The van der Waals surface area contributed by atoms with Crippen LogP contribution < -0.4 is 5.73 Å². The molecule has 102 valence electrons. The molecule has 9 heteroatoms. The molecule has 8 nitrogen and oxygen atoms in total. The summed E-state index contributed by atoms with van der Waals surface area (Å²) in [6.07, 6.45) is 0. The van der Waals surface area contributed by atoms with E-state index in [-0.39, 0.29) is 23.9 Å². The van der Waals surface area contributed by atoms with Crippen molar-refractivity contribution in [3.8, 4) is 10.7 Å². The standard InChI is InChI=1S/C11H10N6O2S/c1-2-19-10(18)7-8(12)17-11(15-14-7)13-9(16-17)6-4-3-5-20-6/h3-5H,2,12H2,1H3. The molecule has 0 unspecified atom stereocenters. The molecule has 0 aliphatic carbocycles. The Morgan fingerprint density at radius 1 is 1.50 bits per heavy atom. The molecule has 3 heterocycles. The minimum Gasteiger partial charge on any atom is -0.461 e. The van der Waals surface area contributed by atoms with Gasteiger partial charge in [-0.2, -0.15) is 9.50 Å². The molecule has 0 aliphatic heterocycles. The van der Waals surface area contributed by atoms with Gasteiger partial charge in [-0.3, -0.25) is 0 Å². The lowest BCUT2D eigenvalue weighted by atomic mass is 10.4. The zero-order valence-corrected chi connectivity index (χ0v) is 11.3. The van der Waals surface area contributed by atoms with Gasteiger partial charge in [0.1, 0.15) is 0 Å². The van der Waals surface area contributed by atoms with Gasteiger partial charge in [0.05, 0.1) is 11.5 Å². The summed E-state index contributed by atoms with van der Waals surface area (Å²) in [4.78, 5) is 16.8. The minimum absolute atomic E-state index is 0.0590. The molecule has 3 aromatic heterocycles. The molecule has 3 rings (SSSR count). The van der Waals surface area contributed by atoms with Crippen molar-refractivity contribution in [3.63, 3.8) is 0 Å². The van der Waals surface area contributed by atoms with Crippen LogP contribution in [0.4, 0.5) is 5.82 Å². The molecule has 0 fully saturated rings. The van der Waals surface area contributed by atoms with E-state index in [1.165, 1.54) is 15.9 Å². The second kappa shape index (κ2) is 4.85. The average Bonchev–Trinajstić information content (AvgIpc) is 3.08. The fourth-order valence-corrected chi connectivity index (χ4v) is 2.28. The number of thiophene rings is 1. The van der Waals surface area contributed by atoms with Crippen LogP contribution >= 0.6 is 11.3 Å². The minimum atomic E-state index is -0.632. The molecule has 0 bridgehead atoms. The Hall–Kier alpha value is -2.55. The molecule has 0 spiro atoms. The van der Waals surface area contributed by atoms with Crippen LogP contribution in [-0.4, -0.2) is 37.4 Å². The van der Waals surface area contributed by atoms with E-state index in [1.54, 1.807) is 6.92 Å². The van der Waals surface area contributed by atoms with Crippen molar-refractivity contribution < 1.29 is 9.53 Å². The maximum absolute atomic E-state index is 11.7. The average molecular weight is 290 g/mol. The highest BCUT2D eigenvalue weighted by Gasteiger charge is 2.19. The number of ether oxygens (including phenoxy) is 1. The van der Waals surface area contributed by atoms with Crippen LogP contribution in [0.2, 0.25) is 0 Å². The van der Waals surface area contributed by atoms with Crippen LogP contribution in [0.3, 0.4) is 0 Å². The lowest BCUT2D eigenvalue weighted by Gasteiger charge is -2.03. The van der Waals surface area contributed by atoms with Crippen molar-refractivity contribution in [2.45, 2.75) is 6.92 Å². The second-order valence-electron chi connectivity index (χ2n) is 3.78. The van der Waals surface area contributed by atoms with E-state index in [0.29, 0.717) is 5.82 Å². The SMILES string of the molecule is CCOC(=O)c1nnc2nc(-c3cccs3)nn2c1N. The van der Waals surface area contributed by atoms with Gasteiger partial charge in [-0.1, -0.05) is 6.07 Å². The highest BCUT2D eigenvalue weighted by Crippen LogP contribution is 2.22. The van der Waals surface area contributed by atoms with Gasteiger partial charge in [0.2, 0.25) is 5.69 Å². The lowest BCUT2D eigenvalue weighted by Crippen LogP contribution is -2.15. The molecule has 0 radical (unpaired) electrons. The zero-order valence-electron chi connectivity index (χ0n) is 10.5. The Morgan fingerprint density at radius 2 is 2.35 bits per heavy atom. The van der Waals surface area contributed by atoms with E-state index in [2.05, 4.69) is 20.3 Å². The van der Waals surface area contributed by atoms with E-state index in [1.807, 2.05) is 17.5 Å². The molecule has 0 amide bonds. The van der Waals surface area contributed by atoms with Crippen LogP contribution in [0.25, 0.3) is 16.5 Å². The van der Waals surface area contributed by atoms with Crippen molar-refractivity contribution in [1.82, 2.24) is 24.8 Å². The van der Waals surface area contributed by atoms with E-state index in [9.17, 15) is 4.79 Å². The Labute approximate surface area is 117 Å². The molecule has 0 saturated heterocycles. The Bertz CT molecular complexity index is 767. The summed E-state index contributed by atoms with van der Waals surface area (Å²) in [5, 5.41) is 13.7. The number of esters is 1. The monoisotopic (exact) mass is 290 g/mol. The zero-order chi connectivity index (χ0) is 14.1. The third kappa shape index (κ3) is 1.97. The van der Waals surface area contributed by atoms with Gasteiger partial charge in [-0.15, -0.1) is 26.6 Å². The van der Waals surface area contributed by atoms with Gasteiger partial charge < -0.3 is 10.5 Å². The van der Waals surface area contributed by atoms with Crippen LogP contribution in [0.5, 0.6) is 0 Å². The molecule has 0 aromatic carbocycles. The van der Waals surface area contributed by atoms with Crippen LogP contribution in [0.1, 0.15) is 17.4 Å². The predicted octanol–water partition coefficient (Wildman–Crippen LogP) is 1.01. The number of aromatic nitrogens is 5. The largest absolute Gasteiger partial charge is 0.461 e.